The van der Waals surface area contributed by atoms with Crippen molar-refractivity contribution in [3.8, 4) is 0 Å². The minimum absolute atomic E-state index is 0.135. The van der Waals surface area contributed by atoms with Crippen LogP contribution in [0.2, 0.25) is 0 Å². The maximum atomic E-state index is 5.68. The van der Waals surface area contributed by atoms with E-state index in [0.29, 0.717) is 17.3 Å². The Hall–Kier alpha value is -0.920. The van der Waals surface area contributed by atoms with E-state index in [1.54, 1.807) is 4.57 Å². The summed E-state index contributed by atoms with van der Waals surface area (Å²) in [4.78, 5) is 2.23. The van der Waals surface area contributed by atoms with Gasteiger partial charge in [0, 0.05) is 13.1 Å². The van der Waals surface area contributed by atoms with Gasteiger partial charge >= 0.3 is 0 Å². The van der Waals surface area contributed by atoms with Crippen molar-refractivity contribution in [3.63, 3.8) is 0 Å². The van der Waals surface area contributed by atoms with E-state index in [2.05, 4.69) is 22.1 Å². The van der Waals surface area contributed by atoms with Gasteiger partial charge in [0.15, 0.2) is 4.77 Å². The summed E-state index contributed by atoms with van der Waals surface area (Å²) in [6.07, 6.45) is 0.135. The molecule has 84 valence electrons. The van der Waals surface area contributed by atoms with Gasteiger partial charge in [-0.2, -0.15) is 0 Å². The number of morpholine rings is 1. The molecule has 1 saturated heterocycles. The number of nitrogen functional groups attached to an aromatic ring is 1. The number of H-pyrrole nitrogens is 1. The second-order valence-corrected chi connectivity index (χ2v) is 4.14. The third kappa shape index (κ3) is 2.36. The molecule has 1 aliphatic heterocycles. The summed E-state index contributed by atoms with van der Waals surface area (Å²) in [5.74, 6) is 0.414. The Morgan fingerprint density at radius 1 is 1.73 bits per heavy atom. The van der Waals surface area contributed by atoms with Gasteiger partial charge in [0.25, 0.3) is 0 Å². The molecule has 1 aromatic heterocycles. The smallest absolute Gasteiger partial charge is 0.220 e. The van der Waals surface area contributed by atoms with Crippen LogP contribution < -0.4 is 5.73 Å². The Morgan fingerprint density at radius 2 is 2.53 bits per heavy atom. The minimum atomic E-state index is 0.135. The molecular weight excluding hydrogens is 214 g/mol. The van der Waals surface area contributed by atoms with E-state index in [9.17, 15) is 0 Å². The summed E-state index contributed by atoms with van der Waals surface area (Å²) in [6, 6.07) is 0. The van der Waals surface area contributed by atoms with Crippen LogP contribution in [-0.2, 0) is 11.3 Å². The summed E-state index contributed by atoms with van der Waals surface area (Å²) in [5.41, 5.74) is 5.68. The van der Waals surface area contributed by atoms with Crippen LogP contribution in [0.25, 0.3) is 0 Å². The number of nitrogens with two attached hydrogens (primary N) is 1. The summed E-state index contributed by atoms with van der Waals surface area (Å²) in [5, 5.41) is 6.51. The molecule has 1 aliphatic rings. The van der Waals surface area contributed by atoms with Gasteiger partial charge < -0.3 is 15.4 Å². The first-order valence-corrected chi connectivity index (χ1v) is 5.28. The van der Waals surface area contributed by atoms with Gasteiger partial charge in [-0.15, -0.1) is 5.10 Å². The summed E-state index contributed by atoms with van der Waals surface area (Å²) >= 11 is 5.07. The van der Waals surface area contributed by atoms with Crippen molar-refractivity contribution < 1.29 is 4.74 Å². The van der Waals surface area contributed by atoms with Crippen LogP contribution in [0.4, 0.5) is 5.95 Å². The SMILES string of the molecule is CN1CCOC(Cn2c(N)n[nH]c2=S)C1. The van der Waals surface area contributed by atoms with Crippen LogP contribution >= 0.6 is 12.2 Å². The first kappa shape index (κ1) is 10.6. The second kappa shape index (κ2) is 4.30. The van der Waals surface area contributed by atoms with Gasteiger partial charge in [-0.1, -0.05) is 0 Å². The van der Waals surface area contributed by atoms with E-state index in [1.165, 1.54) is 0 Å². The highest BCUT2D eigenvalue weighted by molar-refractivity contribution is 7.71. The first-order valence-electron chi connectivity index (χ1n) is 4.87. The van der Waals surface area contributed by atoms with Crippen molar-refractivity contribution in [1.29, 1.82) is 0 Å². The van der Waals surface area contributed by atoms with Gasteiger partial charge in [-0.25, -0.2) is 5.10 Å². The lowest BCUT2D eigenvalue weighted by molar-refractivity contribution is -0.0274. The maximum absolute atomic E-state index is 5.68. The Morgan fingerprint density at radius 3 is 3.13 bits per heavy atom. The van der Waals surface area contributed by atoms with Crippen molar-refractivity contribution >= 4 is 18.2 Å². The van der Waals surface area contributed by atoms with Gasteiger partial charge in [0.1, 0.15) is 0 Å². The number of ether oxygens (including phenoxy) is 1. The van der Waals surface area contributed by atoms with Crippen molar-refractivity contribution in [3.05, 3.63) is 4.77 Å². The fraction of sp³-hybridized carbons (Fsp3) is 0.750. The third-order valence-corrected chi connectivity index (χ3v) is 2.83. The number of likely N-dealkylation sites (N-methyl/N-ethyl adjacent to an activating group) is 1. The Bertz CT molecular complexity index is 387. The predicted molar refractivity (Wildman–Crippen MR) is 59.1 cm³/mol. The molecular formula is C8H15N5OS. The molecule has 0 bridgehead atoms. The zero-order valence-electron chi connectivity index (χ0n) is 8.64. The van der Waals surface area contributed by atoms with E-state index >= 15 is 0 Å². The quantitative estimate of drug-likeness (QED) is 0.690. The molecule has 0 saturated carbocycles. The first-order chi connectivity index (χ1) is 7.16. The lowest BCUT2D eigenvalue weighted by atomic mass is 10.3. The molecule has 0 amide bonds. The van der Waals surface area contributed by atoms with Crippen LogP contribution in [0.15, 0.2) is 0 Å². The summed E-state index contributed by atoms with van der Waals surface area (Å²) in [7, 11) is 2.08. The van der Waals surface area contributed by atoms with Crippen molar-refractivity contribution in [1.82, 2.24) is 19.7 Å². The standard InChI is InChI=1S/C8H15N5OS/c1-12-2-3-14-6(4-12)5-13-7(9)10-11-8(13)15/h6H,2-5H2,1H3,(H2,9,10)(H,11,15). The molecule has 7 heteroatoms. The van der Waals surface area contributed by atoms with Gasteiger partial charge in [-0.3, -0.25) is 4.57 Å². The Kier molecular flexibility index (Phi) is 3.03. The zero-order valence-corrected chi connectivity index (χ0v) is 9.46. The molecule has 6 nitrogen and oxygen atoms in total. The van der Waals surface area contributed by atoms with Gasteiger partial charge in [0.2, 0.25) is 5.95 Å². The number of aromatic nitrogens is 3. The number of hydrogen-bond acceptors (Lipinski definition) is 5. The number of anilines is 1. The molecule has 0 spiro atoms. The van der Waals surface area contributed by atoms with E-state index in [1.807, 2.05) is 0 Å². The highest BCUT2D eigenvalue weighted by Crippen LogP contribution is 2.08. The van der Waals surface area contributed by atoms with Crippen LogP contribution in [0, 0.1) is 4.77 Å². The monoisotopic (exact) mass is 229 g/mol. The van der Waals surface area contributed by atoms with E-state index in [-0.39, 0.29) is 6.10 Å². The number of hydrogen-bond donors (Lipinski definition) is 2. The molecule has 0 aliphatic carbocycles. The molecule has 15 heavy (non-hydrogen) atoms. The van der Waals surface area contributed by atoms with Crippen molar-refractivity contribution in [2.75, 3.05) is 32.5 Å². The molecule has 1 fully saturated rings. The number of nitrogens with zero attached hydrogens (tertiary/aromatic N) is 3. The molecule has 2 heterocycles. The third-order valence-electron chi connectivity index (χ3n) is 2.52. The highest BCUT2D eigenvalue weighted by Gasteiger charge is 2.19. The number of nitrogens with one attached hydrogen (secondary N) is 1. The van der Waals surface area contributed by atoms with Crippen molar-refractivity contribution in [2.45, 2.75) is 12.6 Å². The average Bonchev–Trinajstić information content (AvgIpc) is 2.50. The maximum Gasteiger partial charge on any atom is 0.220 e. The fourth-order valence-electron chi connectivity index (χ4n) is 1.69. The Balaban J connectivity index is 2.05. The minimum Gasteiger partial charge on any atom is -0.374 e. The van der Waals surface area contributed by atoms with Crippen LogP contribution in [0.3, 0.4) is 0 Å². The molecule has 1 atom stereocenters. The van der Waals surface area contributed by atoms with Crippen LogP contribution in [-0.4, -0.2) is 52.5 Å². The number of rotatable bonds is 2. The van der Waals surface area contributed by atoms with E-state index in [4.69, 9.17) is 22.7 Å². The summed E-state index contributed by atoms with van der Waals surface area (Å²) < 4.78 is 7.93. The molecule has 3 N–H and O–H groups in total. The predicted octanol–water partition coefficient (Wildman–Crippen LogP) is -0.147. The van der Waals surface area contributed by atoms with Gasteiger partial charge in [-0.05, 0) is 19.3 Å². The zero-order chi connectivity index (χ0) is 10.8. The highest BCUT2D eigenvalue weighted by atomic mass is 32.1. The van der Waals surface area contributed by atoms with Crippen molar-refractivity contribution in [2.24, 2.45) is 0 Å². The molecule has 2 rings (SSSR count). The van der Waals surface area contributed by atoms with Gasteiger partial charge in [0.05, 0.1) is 19.3 Å². The topological polar surface area (TPSA) is 72.1 Å². The molecule has 1 unspecified atom stereocenters. The summed E-state index contributed by atoms with van der Waals surface area (Å²) in [6.45, 7) is 3.28. The average molecular weight is 229 g/mol. The lowest BCUT2D eigenvalue weighted by Crippen LogP contribution is -2.42. The molecule has 0 aromatic carbocycles. The second-order valence-electron chi connectivity index (χ2n) is 3.75. The normalized spacial score (nSPS) is 23.1. The Labute approximate surface area is 93.0 Å². The molecule has 1 aromatic rings. The fourth-order valence-corrected chi connectivity index (χ4v) is 1.90. The van der Waals surface area contributed by atoms with Crippen LogP contribution in [0.1, 0.15) is 0 Å². The van der Waals surface area contributed by atoms with E-state index < -0.39 is 0 Å². The number of aromatic amines is 1. The lowest BCUT2D eigenvalue weighted by Gasteiger charge is -2.30. The largest absolute Gasteiger partial charge is 0.374 e. The molecule has 0 radical (unpaired) electrons. The van der Waals surface area contributed by atoms with E-state index in [0.717, 1.165) is 19.7 Å². The van der Waals surface area contributed by atoms with Crippen LogP contribution in [0.5, 0.6) is 0 Å².